The SMILES string of the molecule is CNc1cc(F)cc2c1[nH]c1ncc(-c3cnc(C4(C(=O)O)CC4)nc3)c(-n3ccc(C(F)(F)F)n3)c12. The third-order valence-corrected chi connectivity index (χ3v) is 6.60. The lowest BCUT2D eigenvalue weighted by molar-refractivity contribution is -0.141. The van der Waals surface area contributed by atoms with Crippen LogP contribution in [0.1, 0.15) is 24.4 Å². The highest BCUT2D eigenvalue weighted by Gasteiger charge is 2.54. The monoisotopic (exact) mass is 511 g/mol. The molecule has 6 rings (SSSR count). The van der Waals surface area contributed by atoms with Crippen LogP contribution in [-0.2, 0) is 16.4 Å². The fourth-order valence-electron chi connectivity index (χ4n) is 4.53. The van der Waals surface area contributed by atoms with Gasteiger partial charge in [0.25, 0.3) is 0 Å². The van der Waals surface area contributed by atoms with E-state index >= 15 is 0 Å². The number of aromatic amines is 1. The molecule has 37 heavy (non-hydrogen) atoms. The summed E-state index contributed by atoms with van der Waals surface area (Å²) < 4.78 is 55.8. The van der Waals surface area contributed by atoms with Gasteiger partial charge in [-0.15, -0.1) is 0 Å². The molecule has 13 heteroatoms. The highest BCUT2D eigenvalue weighted by Crippen LogP contribution is 2.47. The minimum absolute atomic E-state index is 0.158. The number of aromatic nitrogens is 6. The molecule has 0 spiro atoms. The van der Waals surface area contributed by atoms with Crippen LogP contribution in [0.5, 0.6) is 0 Å². The summed E-state index contributed by atoms with van der Waals surface area (Å²) in [7, 11) is 1.62. The van der Waals surface area contributed by atoms with Crippen molar-refractivity contribution >= 4 is 33.6 Å². The lowest BCUT2D eigenvalue weighted by Gasteiger charge is -2.13. The van der Waals surface area contributed by atoms with Crippen LogP contribution < -0.4 is 5.32 Å². The number of aliphatic carboxylic acids is 1. The summed E-state index contributed by atoms with van der Waals surface area (Å²) in [6.45, 7) is 0. The summed E-state index contributed by atoms with van der Waals surface area (Å²) in [5.41, 5.74) is -0.0649. The molecule has 3 N–H and O–H groups in total. The van der Waals surface area contributed by atoms with Crippen molar-refractivity contribution in [3.63, 3.8) is 0 Å². The van der Waals surface area contributed by atoms with Crippen LogP contribution in [0.3, 0.4) is 0 Å². The first-order chi connectivity index (χ1) is 17.6. The van der Waals surface area contributed by atoms with Gasteiger partial charge in [-0.3, -0.25) is 4.79 Å². The molecule has 0 amide bonds. The maximum atomic E-state index is 14.5. The van der Waals surface area contributed by atoms with Gasteiger partial charge < -0.3 is 15.4 Å². The van der Waals surface area contributed by atoms with E-state index < -0.39 is 29.1 Å². The van der Waals surface area contributed by atoms with E-state index in [9.17, 15) is 27.5 Å². The van der Waals surface area contributed by atoms with Gasteiger partial charge in [-0.05, 0) is 31.0 Å². The molecule has 0 unspecified atom stereocenters. The van der Waals surface area contributed by atoms with E-state index in [2.05, 4.69) is 30.4 Å². The molecule has 1 aliphatic rings. The molecule has 188 valence electrons. The van der Waals surface area contributed by atoms with Gasteiger partial charge in [-0.1, -0.05) is 0 Å². The molecule has 9 nitrogen and oxygen atoms in total. The minimum Gasteiger partial charge on any atom is -0.480 e. The second kappa shape index (κ2) is 7.72. The first-order valence-corrected chi connectivity index (χ1v) is 11.1. The molecule has 1 saturated carbocycles. The Morgan fingerprint density at radius 3 is 2.49 bits per heavy atom. The average Bonchev–Trinajstić information content (AvgIpc) is 3.37. The highest BCUT2D eigenvalue weighted by atomic mass is 19.4. The molecule has 5 aromatic rings. The Hall–Kier alpha value is -4.55. The minimum atomic E-state index is -4.68. The number of fused-ring (bicyclic) bond motifs is 3. The van der Waals surface area contributed by atoms with Gasteiger partial charge in [0.1, 0.15) is 22.7 Å². The Balaban J connectivity index is 1.63. The number of alkyl halides is 3. The zero-order valence-corrected chi connectivity index (χ0v) is 19.1. The van der Waals surface area contributed by atoms with Crippen molar-refractivity contribution < 1.29 is 27.5 Å². The van der Waals surface area contributed by atoms with Gasteiger partial charge in [0.15, 0.2) is 5.69 Å². The highest BCUT2D eigenvalue weighted by molar-refractivity contribution is 6.15. The molecule has 1 aromatic carbocycles. The number of carbonyl (C=O) groups is 1. The predicted octanol–water partition coefficient (Wildman–Crippen LogP) is 4.67. The first kappa shape index (κ1) is 22.9. The molecule has 4 aromatic heterocycles. The van der Waals surface area contributed by atoms with Crippen molar-refractivity contribution in [1.82, 2.24) is 29.7 Å². The summed E-state index contributed by atoms with van der Waals surface area (Å²) in [4.78, 5) is 27.7. The Morgan fingerprint density at radius 2 is 1.89 bits per heavy atom. The van der Waals surface area contributed by atoms with Crippen LogP contribution in [0.15, 0.2) is 43.0 Å². The zero-order chi connectivity index (χ0) is 26.1. The number of hydrogen-bond donors (Lipinski definition) is 3. The van der Waals surface area contributed by atoms with Crippen molar-refractivity contribution in [2.45, 2.75) is 24.4 Å². The molecular formula is C24H17F4N7O2. The van der Waals surface area contributed by atoms with E-state index in [0.29, 0.717) is 51.6 Å². The quantitative estimate of drug-likeness (QED) is 0.293. The molecule has 0 bridgehead atoms. The smallest absolute Gasteiger partial charge is 0.435 e. The molecule has 1 fully saturated rings. The molecule has 0 atom stereocenters. The fourth-order valence-corrected chi connectivity index (χ4v) is 4.53. The summed E-state index contributed by atoms with van der Waals surface area (Å²) >= 11 is 0. The first-order valence-electron chi connectivity index (χ1n) is 11.1. The van der Waals surface area contributed by atoms with Gasteiger partial charge in [0, 0.05) is 48.3 Å². The van der Waals surface area contributed by atoms with Crippen LogP contribution in [0.2, 0.25) is 0 Å². The summed E-state index contributed by atoms with van der Waals surface area (Å²) in [5.74, 6) is -1.41. The number of carboxylic acid groups (broad SMARTS) is 1. The molecule has 1 aliphatic carbocycles. The van der Waals surface area contributed by atoms with E-state index in [4.69, 9.17) is 0 Å². The van der Waals surface area contributed by atoms with Gasteiger partial charge >= 0.3 is 12.1 Å². The number of pyridine rings is 1. The van der Waals surface area contributed by atoms with Gasteiger partial charge in [0.2, 0.25) is 0 Å². The van der Waals surface area contributed by atoms with Crippen LogP contribution in [-0.4, -0.2) is 47.8 Å². The Kier molecular flexibility index (Phi) is 4.78. The Morgan fingerprint density at radius 1 is 1.16 bits per heavy atom. The van der Waals surface area contributed by atoms with E-state index in [1.54, 1.807) is 7.05 Å². The normalized spacial score (nSPS) is 14.8. The summed E-state index contributed by atoms with van der Waals surface area (Å²) in [6.07, 6.45) is 1.56. The number of nitrogens with one attached hydrogen (secondary N) is 2. The number of rotatable bonds is 5. The molecular weight excluding hydrogens is 494 g/mol. The van der Waals surface area contributed by atoms with E-state index in [1.165, 1.54) is 30.7 Å². The van der Waals surface area contributed by atoms with Gasteiger partial charge in [-0.2, -0.15) is 18.3 Å². The second-order valence-corrected chi connectivity index (χ2v) is 8.82. The third kappa shape index (κ3) is 3.49. The van der Waals surface area contributed by atoms with Crippen molar-refractivity contribution in [2.75, 3.05) is 12.4 Å². The van der Waals surface area contributed by atoms with E-state index in [-0.39, 0.29) is 11.5 Å². The lowest BCUT2D eigenvalue weighted by atomic mass is 10.0. The van der Waals surface area contributed by atoms with Crippen molar-refractivity contribution in [2.24, 2.45) is 0 Å². The standard InChI is InChI=1S/C24H17F4N7O2/c1-29-15-7-12(25)6-13-17-19(35-5-2-16(34-35)24(26,27)28)14(10-30-20(17)33-18(13)15)11-8-31-21(32-9-11)23(3-4-23)22(36)37/h2,5-10,29H,3-4H2,1H3,(H,30,33)(H,36,37). The topological polar surface area (TPSA) is 122 Å². The molecule has 0 saturated heterocycles. The maximum Gasteiger partial charge on any atom is 0.435 e. The van der Waals surface area contributed by atoms with Crippen molar-refractivity contribution in [3.8, 4) is 16.8 Å². The van der Waals surface area contributed by atoms with Crippen molar-refractivity contribution in [1.29, 1.82) is 0 Å². The maximum absolute atomic E-state index is 14.5. The lowest BCUT2D eigenvalue weighted by Crippen LogP contribution is -2.22. The van der Waals surface area contributed by atoms with E-state index in [0.717, 1.165) is 16.9 Å². The van der Waals surface area contributed by atoms with E-state index in [1.807, 2.05) is 0 Å². The summed E-state index contributed by atoms with van der Waals surface area (Å²) in [5, 5.41) is 16.9. The summed E-state index contributed by atoms with van der Waals surface area (Å²) in [6, 6.07) is 3.39. The Labute approximate surface area is 205 Å². The van der Waals surface area contributed by atoms with Gasteiger partial charge in [0.05, 0.1) is 22.3 Å². The largest absolute Gasteiger partial charge is 0.480 e. The number of H-pyrrole nitrogens is 1. The number of hydrogen-bond acceptors (Lipinski definition) is 6. The number of halogens is 4. The second-order valence-electron chi connectivity index (χ2n) is 8.82. The van der Waals surface area contributed by atoms with Crippen LogP contribution in [0, 0.1) is 5.82 Å². The average molecular weight is 511 g/mol. The van der Waals surface area contributed by atoms with Crippen LogP contribution >= 0.6 is 0 Å². The molecule has 0 radical (unpaired) electrons. The van der Waals surface area contributed by atoms with Crippen molar-refractivity contribution in [3.05, 3.63) is 60.3 Å². The molecule has 4 heterocycles. The molecule has 0 aliphatic heterocycles. The third-order valence-electron chi connectivity index (χ3n) is 6.60. The fraction of sp³-hybridized carbons (Fsp3) is 0.208. The van der Waals surface area contributed by atoms with Gasteiger partial charge in [-0.25, -0.2) is 24.0 Å². The predicted molar refractivity (Wildman–Crippen MR) is 125 cm³/mol. The number of nitrogens with zero attached hydrogens (tertiary/aromatic N) is 5. The number of benzene rings is 1. The zero-order valence-electron chi connectivity index (χ0n) is 19.1. The van der Waals surface area contributed by atoms with Crippen LogP contribution in [0.4, 0.5) is 23.2 Å². The number of carboxylic acids is 1. The van der Waals surface area contributed by atoms with Crippen LogP contribution in [0.25, 0.3) is 38.8 Å². The number of anilines is 1. The Bertz CT molecular complexity index is 1700.